The molecule has 0 unspecified atom stereocenters. The summed E-state index contributed by atoms with van der Waals surface area (Å²) >= 11 is 0. The van der Waals surface area contributed by atoms with Crippen molar-refractivity contribution in [1.82, 2.24) is 15.8 Å². The monoisotopic (exact) mass is 179 g/mol. The number of aryl methyl sites for hydroxylation is 2. The Kier molecular flexibility index (Phi) is 2.97. The zero-order valence-corrected chi connectivity index (χ0v) is 8.01. The number of nitrogens with one attached hydrogen (secondary N) is 2. The molecule has 2 N–H and O–H groups in total. The van der Waals surface area contributed by atoms with Gasteiger partial charge in [0, 0.05) is 12.7 Å². The molecule has 0 saturated heterocycles. The fraction of sp³-hybridized carbons (Fsp3) is 0.333. The number of amides is 1. The van der Waals surface area contributed by atoms with Gasteiger partial charge in [-0.3, -0.25) is 10.2 Å². The van der Waals surface area contributed by atoms with Crippen molar-refractivity contribution in [3.8, 4) is 0 Å². The van der Waals surface area contributed by atoms with Gasteiger partial charge < -0.3 is 0 Å². The van der Waals surface area contributed by atoms with E-state index in [2.05, 4.69) is 15.8 Å². The van der Waals surface area contributed by atoms with Crippen LogP contribution >= 0.6 is 0 Å². The van der Waals surface area contributed by atoms with Gasteiger partial charge >= 0.3 is 0 Å². The van der Waals surface area contributed by atoms with Crippen molar-refractivity contribution in [3.63, 3.8) is 0 Å². The standard InChI is InChI=1S/C9H13N3O/c1-6-4-5-7(2)11-8(6)9(13)12-10-3/h4-5,10H,1-3H3,(H,12,13). The number of aromatic nitrogens is 1. The molecule has 1 heterocycles. The molecule has 0 aliphatic carbocycles. The Labute approximate surface area is 77.3 Å². The first-order chi connectivity index (χ1) is 6.15. The Balaban J connectivity index is 2.99. The highest BCUT2D eigenvalue weighted by Gasteiger charge is 2.08. The third-order valence-electron chi connectivity index (χ3n) is 1.69. The predicted octanol–water partition coefficient (Wildman–Crippen LogP) is 0.563. The van der Waals surface area contributed by atoms with Crippen molar-refractivity contribution < 1.29 is 4.79 Å². The van der Waals surface area contributed by atoms with E-state index in [9.17, 15) is 4.79 Å². The largest absolute Gasteiger partial charge is 0.286 e. The third-order valence-corrected chi connectivity index (χ3v) is 1.69. The van der Waals surface area contributed by atoms with Crippen LogP contribution in [0.1, 0.15) is 21.7 Å². The molecule has 1 amide bonds. The van der Waals surface area contributed by atoms with E-state index in [1.54, 1.807) is 7.05 Å². The summed E-state index contributed by atoms with van der Waals surface area (Å²) in [5.74, 6) is -0.205. The second-order valence-electron chi connectivity index (χ2n) is 2.82. The van der Waals surface area contributed by atoms with Gasteiger partial charge in [0.15, 0.2) is 0 Å². The van der Waals surface area contributed by atoms with E-state index in [1.165, 1.54) is 0 Å². The number of rotatable bonds is 2. The molecule has 4 heteroatoms. The summed E-state index contributed by atoms with van der Waals surface area (Å²) in [7, 11) is 1.64. The van der Waals surface area contributed by atoms with Crippen molar-refractivity contribution in [2.24, 2.45) is 0 Å². The predicted molar refractivity (Wildman–Crippen MR) is 50.2 cm³/mol. The first-order valence-electron chi connectivity index (χ1n) is 4.06. The molecule has 1 aromatic rings. The van der Waals surface area contributed by atoms with E-state index in [4.69, 9.17) is 0 Å². The van der Waals surface area contributed by atoms with E-state index in [0.717, 1.165) is 11.3 Å². The lowest BCUT2D eigenvalue weighted by molar-refractivity contribution is 0.0932. The third kappa shape index (κ3) is 2.26. The number of hydrazine groups is 1. The minimum atomic E-state index is -0.205. The molecular weight excluding hydrogens is 166 g/mol. The van der Waals surface area contributed by atoms with E-state index >= 15 is 0 Å². The van der Waals surface area contributed by atoms with E-state index in [0.29, 0.717) is 5.69 Å². The number of hydrogen-bond donors (Lipinski definition) is 2. The van der Waals surface area contributed by atoms with Crippen molar-refractivity contribution in [2.45, 2.75) is 13.8 Å². The Morgan fingerprint density at radius 2 is 2.08 bits per heavy atom. The lowest BCUT2D eigenvalue weighted by Crippen LogP contribution is -2.35. The molecule has 0 fully saturated rings. The molecule has 4 nitrogen and oxygen atoms in total. The van der Waals surface area contributed by atoms with Crippen LogP contribution in [0.15, 0.2) is 12.1 Å². The quantitative estimate of drug-likeness (QED) is 0.652. The summed E-state index contributed by atoms with van der Waals surface area (Å²) < 4.78 is 0. The summed E-state index contributed by atoms with van der Waals surface area (Å²) in [5.41, 5.74) is 7.23. The van der Waals surface area contributed by atoms with E-state index < -0.39 is 0 Å². The van der Waals surface area contributed by atoms with Gasteiger partial charge in [0.25, 0.3) is 5.91 Å². The van der Waals surface area contributed by atoms with Crippen LogP contribution in [-0.4, -0.2) is 17.9 Å². The van der Waals surface area contributed by atoms with Crippen molar-refractivity contribution in [3.05, 3.63) is 29.1 Å². The van der Waals surface area contributed by atoms with Crippen LogP contribution in [-0.2, 0) is 0 Å². The molecule has 13 heavy (non-hydrogen) atoms. The van der Waals surface area contributed by atoms with Gasteiger partial charge in [0.2, 0.25) is 0 Å². The maximum Gasteiger partial charge on any atom is 0.284 e. The second kappa shape index (κ2) is 4.00. The normalized spacial score (nSPS) is 9.77. The summed E-state index contributed by atoms with van der Waals surface area (Å²) in [6.07, 6.45) is 0. The maximum atomic E-state index is 11.4. The van der Waals surface area contributed by atoms with Crippen LogP contribution < -0.4 is 10.9 Å². The lowest BCUT2D eigenvalue weighted by atomic mass is 10.2. The van der Waals surface area contributed by atoms with Crippen LogP contribution in [0.25, 0.3) is 0 Å². The molecule has 0 aromatic carbocycles. The van der Waals surface area contributed by atoms with E-state index in [-0.39, 0.29) is 5.91 Å². The topological polar surface area (TPSA) is 54.0 Å². The average molecular weight is 179 g/mol. The SMILES string of the molecule is CNNC(=O)c1nc(C)ccc1C. The molecule has 0 spiro atoms. The first kappa shape index (κ1) is 9.67. The minimum Gasteiger partial charge on any atom is -0.286 e. The zero-order chi connectivity index (χ0) is 9.84. The molecule has 0 bridgehead atoms. The fourth-order valence-electron chi connectivity index (χ4n) is 1.03. The molecule has 0 saturated carbocycles. The summed E-state index contributed by atoms with van der Waals surface area (Å²) in [6, 6.07) is 3.76. The van der Waals surface area contributed by atoms with E-state index in [1.807, 2.05) is 26.0 Å². The fourth-order valence-corrected chi connectivity index (χ4v) is 1.03. The van der Waals surface area contributed by atoms with Gasteiger partial charge in [-0.25, -0.2) is 10.4 Å². The van der Waals surface area contributed by atoms with Gasteiger partial charge in [0.1, 0.15) is 5.69 Å². The highest BCUT2D eigenvalue weighted by Crippen LogP contribution is 2.05. The Morgan fingerprint density at radius 3 is 2.69 bits per heavy atom. The van der Waals surface area contributed by atoms with Crippen LogP contribution in [0.4, 0.5) is 0 Å². The number of carbonyl (C=O) groups excluding carboxylic acids is 1. The molecular formula is C9H13N3O. The van der Waals surface area contributed by atoms with Crippen molar-refractivity contribution in [1.29, 1.82) is 0 Å². The van der Waals surface area contributed by atoms with Crippen molar-refractivity contribution in [2.75, 3.05) is 7.05 Å². The van der Waals surface area contributed by atoms with Crippen LogP contribution in [0.3, 0.4) is 0 Å². The van der Waals surface area contributed by atoms with Crippen LogP contribution in [0.5, 0.6) is 0 Å². The highest BCUT2D eigenvalue weighted by molar-refractivity contribution is 5.93. The summed E-state index contributed by atoms with van der Waals surface area (Å²) in [5, 5.41) is 0. The van der Waals surface area contributed by atoms with Gasteiger partial charge in [-0.05, 0) is 25.5 Å². The molecule has 70 valence electrons. The Hall–Kier alpha value is -1.42. The minimum absolute atomic E-state index is 0.205. The molecule has 1 aromatic heterocycles. The van der Waals surface area contributed by atoms with Gasteiger partial charge in [-0.2, -0.15) is 0 Å². The number of hydrogen-bond acceptors (Lipinski definition) is 3. The highest BCUT2D eigenvalue weighted by atomic mass is 16.2. The Morgan fingerprint density at radius 1 is 1.38 bits per heavy atom. The molecule has 0 atom stereocenters. The van der Waals surface area contributed by atoms with Gasteiger partial charge in [0.05, 0.1) is 0 Å². The summed E-state index contributed by atoms with van der Waals surface area (Å²) in [6.45, 7) is 3.71. The molecule has 0 aliphatic rings. The number of nitrogens with zero attached hydrogens (tertiary/aromatic N) is 1. The van der Waals surface area contributed by atoms with Gasteiger partial charge in [-0.15, -0.1) is 0 Å². The molecule has 1 rings (SSSR count). The molecule has 0 aliphatic heterocycles. The second-order valence-corrected chi connectivity index (χ2v) is 2.82. The zero-order valence-electron chi connectivity index (χ0n) is 8.01. The first-order valence-corrected chi connectivity index (χ1v) is 4.06. The maximum absolute atomic E-state index is 11.4. The smallest absolute Gasteiger partial charge is 0.284 e. The lowest BCUT2D eigenvalue weighted by Gasteiger charge is -2.05. The van der Waals surface area contributed by atoms with Gasteiger partial charge in [-0.1, -0.05) is 6.07 Å². The molecule has 0 radical (unpaired) electrons. The van der Waals surface area contributed by atoms with Crippen LogP contribution in [0.2, 0.25) is 0 Å². The van der Waals surface area contributed by atoms with Crippen LogP contribution in [0, 0.1) is 13.8 Å². The number of carbonyl (C=O) groups is 1. The van der Waals surface area contributed by atoms with Crippen molar-refractivity contribution >= 4 is 5.91 Å². The average Bonchev–Trinajstić information content (AvgIpc) is 2.09. The number of pyridine rings is 1. The Bertz CT molecular complexity index is 323. The summed E-state index contributed by atoms with van der Waals surface area (Å²) in [4.78, 5) is 15.5.